The van der Waals surface area contributed by atoms with Gasteiger partial charge in [0.2, 0.25) is 0 Å². The first-order valence-electron chi connectivity index (χ1n) is 4.69. The Balaban J connectivity index is 2.19. The summed E-state index contributed by atoms with van der Waals surface area (Å²) in [5, 5.41) is 0. The largest absolute Gasteiger partial charge is 0.256 e. The predicted molar refractivity (Wildman–Crippen MR) is 60.1 cm³/mol. The number of hydrogen-bond acceptors (Lipinski definition) is 1. The highest BCUT2D eigenvalue weighted by Crippen LogP contribution is 2.12. The molecule has 0 aromatic heterocycles. The molecule has 0 aliphatic rings. The summed E-state index contributed by atoms with van der Waals surface area (Å²) in [7, 11) is 0. The molecule has 2 aromatic rings. The lowest BCUT2D eigenvalue weighted by atomic mass is 10.2. The summed E-state index contributed by atoms with van der Waals surface area (Å²) in [4.78, 5) is 4.17. The fraction of sp³-hybridized carbons (Fsp3) is 0. The molecule has 74 valence electrons. The van der Waals surface area contributed by atoms with Gasteiger partial charge in [0.05, 0.1) is 5.69 Å². The molecular formula is C13H10FN. The maximum Gasteiger partial charge on any atom is 0.125 e. The summed E-state index contributed by atoms with van der Waals surface area (Å²) in [6.45, 7) is 0. The Bertz CT molecular complexity index is 463. The summed E-state index contributed by atoms with van der Waals surface area (Å²) < 4.78 is 12.8. The van der Waals surface area contributed by atoms with Crippen LogP contribution in [0.1, 0.15) is 5.56 Å². The number of benzene rings is 2. The topological polar surface area (TPSA) is 12.4 Å². The summed E-state index contributed by atoms with van der Waals surface area (Å²) >= 11 is 0. The lowest BCUT2D eigenvalue weighted by molar-refractivity contribution is 0.628. The van der Waals surface area contributed by atoms with Crippen LogP contribution in [0.3, 0.4) is 0 Å². The summed E-state index contributed by atoms with van der Waals surface area (Å²) in [6, 6.07) is 15.9. The highest BCUT2D eigenvalue weighted by molar-refractivity contribution is 5.81. The van der Waals surface area contributed by atoms with Crippen LogP contribution in [0.2, 0.25) is 0 Å². The van der Waals surface area contributed by atoms with E-state index in [4.69, 9.17) is 0 Å². The average molecular weight is 199 g/mol. The van der Waals surface area contributed by atoms with Crippen molar-refractivity contribution < 1.29 is 4.39 Å². The smallest absolute Gasteiger partial charge is 0.125 e. The van der Waals surface area contributed by atoms with Gasteiger partial charge in [0.15, 0.2) is 0 Å². The Morgan fingerprint density at radius 3 is 2.47 bits per heavy atom. The second-order valence-corrected chi connectivity index (χ2v) is 3.15. The maximum atomic E-state index is 12.8. The van der Waals surface area contributed by atoms with Gasteiger partial charge in [0.25, 0.3) is 0 Å². The number of nitrogens with zero attached hydrogens (tertiary/aromatic N) is 1. The molecular weight excluding hydrogens is 189 g/mol. The zero-order valence-corrected chi connectivity index (χ0v) is 8.10. The van der Waals surface area contributed by atoms with Gasteiger partial charge in [-0.25, -0.2) is 4.39 Å². The van der Waals surface area contributed by atoms with E-state index < -0.39 is 0 Å². The van der Waals surface area contributed by atoms with Crippen LogP contribution in [0.15, 0.2) is 59.6 Å². The zero-order valence-electron chi connectivity index (χ0n) is 8.10. The zero-order chi connectivity index (χ0) is 10.5. The monoisotopic (exact) mass is 199 g/mol. The van der Waals surface area contributed by atoms with Crippen LogP contribution < -0.4 is 0 Å². The molecule has 0 saturated heterocycles. The minimum absolute atomic E-state index is 0.266. The maximum absolute atomic E-state index is 12.8. The predicted octanol–water partition coefficient (Wildman–Crippen LogP) is 3.58. The number of aliphatic imine (C=N–C) groups is 1. The second-order valence-electron chi connectivity index (χ2n) is 3.15. The van der Waals surface area contributed by atoms with E-state index in [0.717, 1.165) is 5.56 Å². The van der Waals surface area contributed by atoms with E-state index in [1.165, 1.54) is 12.1 Å². The van der Waals surface area contributed by atoms with Crippen molar-refractivity contribution in [3.05, 3.63) is 66.0 Å². The van der Waals surface area contributed by atoms with Crippen molar-refractivity contribution in [3.63, 3.8) is 0 Å². The molecule has 0 saturated carbocycles. The minimum atomic E-state index is -0.266. The Morgan fingerprint density at radius 2 is 1.73 bits per heavy atom. The molecule has 0 atom stereocenters. The van der Waals surface area contributed by atoms with E-state index in [2.05, 4.69) is 4.99 Å². The van der Waals surface area contributed by atoms with E-state index in [1.807, 2.05) is 30.3 Å². The third-order valence-electron chi connectivity index (χ3n) is 1.97. The van der Waals surface area contributed by atoms with Crippen molar-refractivity contribution in [1.82, 2.24) is 0 Å². The Hall–Kier alpha value is -1.96. The van der Waals surface area contributed by atoms with Gasteiger partial charge in [-0.1, -0.05) is 36.4 Å². The van der Waals surface area contributed by atoms with Gasteiger partial charge < -0.3 is 0 Å². The quantitative estimate of drug-likeness (QED) is 0.655. The normalized spacial score (nSPS) is 10.7. The molecule has 0 N–H and O–H groups in total. The molecule has 2 rings (SSSR count). The van der Waals surface area contributed by atoms with Crippen molar-refractivity contribution in [1.29, 1.82) is 0 Å². The summed E-state index contributed by atoms with van der Waals surface area (Å²) in [6.07, 6.45) is 1.72. The van der Waals surface area contributed by atoms with E-state index >= 15 is 0 Å². The molecule has 2 aromatic carbocycles. The van der Waals surface area contributed by atoms with E-state index in [0.29, 0.717) is 5.69 Å². The molecule has 2 heteroatoms. The first-order valence-corrected chi connectivity index (χ1v) is 4.69. The minimum Gasteiger partial charge on any atom is -0.256 e. The van der Waals surface area contributed by atoms with Crippen LogP contribution >= 0.6 is 0 Å². The van der Waals surface area contributed by atoms with Crippen LogP contribution in [-0.4, -0.2) is 6.21 Å². The van der Waals surface area contributed by atoms with Crippen LogP contribution in [0.5, 0.6) is 0 Å². The Kier molecular flexibility index (Phi) is 2.88. The van der Waals surface area contributed by atoms with Crippen molar-refractivity contribution in [3.8, 4) is 0 Å². The van der Waals surface area contributed by atoms with E-state index in [1.54, 1.807) is 18.3 Å². The van der Waals surface area contributed by atoms with Gasteiger partial charge >= 0.3 is 0 Å². The first-order chi connectivity index (χ1) is 7.34. The highest BCUT2D eigenvalue weighted by atomic mass is 19.1. The molecule has 0 spiro atoms. The third kappa shape index (κ3) is 2.74. The molecule has 0 heterocycles. The van der Waals surface area contributed by atoms with E-state index in [9.17, 15) is 4.39 Å². The molecule has 0 bridgehead atoms. The first kappa shape index (κ1) is 9.59. The SMILES string of the molecule is Fc1cccc(N=Cc2ccccc2)c1. The number of rotatable bonds is 2. The lowest BCUT2D eigenvalue weighted by Crippen LogP contribution is -1.78. The molecule has 15 heavy (non-hydrogen) atoms. The number of hydrogen-bond donors (Lipinski definition) is 0. The second kappa shape index (κ2) is 4.51. The van der Waals surface area contributed by atoms with Crippen LogP contribution in [0, 0.1) is 5.82 Å². The number of halogens is 1. The molecule has 0 radical (unpaired) electrons. The fourth-order valence-electron chi connectivity index (χ4n) is 1.24. The molecule has 0 unspecified atom stereocenters. The summed E-state index contributed by atoms with van der Waals surface area (Å²) in [5.74, 6) is -0.266. The van der Waals surface area contributed by atoms with Crippen molar-refractivity contribution in [2.24, 2.45) is 4.99 Å². The fourth-order valence-corrected chi connectivity index (χ4v) is 1.24. The molecule has 0 fully saturated rings. The summed E-state index contributed by atoms with van der Waals surface area (Å²) in [5.41, 5.74) is 1.63. The van der Waals surface area contributed by atoms with Gasteiger partial charge in [-0.15, -0.1) is 0 Å². The van der Waals surface area contributed by atoms with Crippen LogP contribution in [0.4, 0.5) is 10.1 Å². The van der Waals surface area contributed by atoms with E-state index in [-0.39, 0.29) is 5.82 Å². The molecule has 1 nitrogen and oxygen atoms in total. The standard InChI is InChI=1S/C13H10FN/c14-12-7-4-8-13(9-12)15-10-11-5-2-1-3-6-11/h1-10H. The lowest BCUT2D eigenvalue weighted by Gasteiger charge is -1.93. The Morgan fingerprint density at radius 1 is 0.933 bits per heavy atom. The Labute approximate surface area is 87.9 Å². The van der Waals surface area contributed by atoms with Gasteiger partial charge in [0.1, 0.15) is 5.82 Å². The third-order valence-corrected chi connectivity index (χ3v) is 1.97. The van der Waals surface area contributed by atoms with Gasteiger partial charge in [0, 0.05) is 6.21 Å². The van der Waals surface area contributed by atoms with Gasteiger partial charge in [-0.05, 0) is 23.8 Å². The van der Waals surface area contributed by atoms with Crippen molar-refractivity contribution >= 4 is 11.9 Å². The van der Waals surface area contributed by atoms with Crippen molar-refractivity contribution in [2.45, 2.75) is 0 Å². The van der Waals surface area contributed by atoms with Crippen LogP contribution in [0.25, 0.3) is 0 Å². The van der Waals surface area contributed by atoms with Crippen LogP contribution in [-0.2, 0) is 0 Å². The van der Waals surface area contributed by atoms with Gasteiger partial charge in [-0.2, -0.15) is 0 Å². The highest BCUT2D eigenvalue weighted by Gasteiger charge is 1.91. The molecule has 0 aliphatic heterocycles. The average Bonchev–Trinajstić information content (AvgIpc) is 2.28. The van der Waals surface area contributed by atoms with Crippen molar-refractivity contribution in [2.75, 3.05) is 0 Å². The van der Waals surface area contributed by atoms with Gasteiger partial charge in [-0.3, -0.25) is 4.99 Å². The molecule has 0 aliphatic carbocycles. The molecule has 0 amide bonds.